The van der Waals surface area contributed by atoms with Gasteiger partial charge in [-0.05, 0) is 49.6 Å². The number of methoxy groups -OCH3 is 1. The summed E-state index contributed by atoms with van der Waals surface area (Å²) in [6.45, 7) is 2.04. The van der Waals surface area contributed by atoms with Crippen LogP contribution >= 0.6 is 0 Å². The SMILES string of the molecule is COc1c(OC(F)(F)F)cccc1N(C)c1cccc(N2CCCCC2)c1. The standard InChI is InChI=1S/C20H23F3N2O2/c1-24(15-8-6-9-16(14-15)25-12-4-3-5-13-25)17-10-7-11-18(19(17)26-2)27-20(21,22)23/h6-11,14H,3-5,12-13H2,1-2H3. The van der Waals surface area contributed by atoms with E-state index >= 15 is 0 Å². The molecule has 0 unspecified atom stereocenters. The van der Waals surface area contributed by atoms with Crippen LogP contribution in [-0.4, -0.2) is 33.6 Å². The quantitative estimate of drug-likeness (QED) is 0.698. The molecule has 1 heterocycles. The molecule has 0 radical (unpaired) electrons. The fourth-order valence-electron chi connectivity index (χ4n) is 3.37. The van der Waals surface area contributed by atoms with Crippen molar-refractivity contribution in [1.29, 1.82) is 0 Å². The summed E-state index contributed by atoms with van der Waals surface area (Å²) in [5.74, 6) is -0.317. The van der Waals surface area contributed by atoms with Crippen molar-refractivity contribution in [2.24, 2.45) is 0 Å². The van der Waals surface area contributed by atoms with Gasteiger partial charge in [-0.3, -0.25) is 0 Å². The van der Waals surface area contributed by atoms with Crippen molar-refractivity contribution in [2.45, 2.75) is 25.6 Å². The van der Waals surface area contributed by atoms with Gasteiger partial charge in [0.05, 0.1) is 12.8 Å². The van der Waals surface area contributed by atoms with Crippen molar-refractivity contribution in [1.82, 2.24) is 0 Å². The van der Waals surface area contributed by atoms with E-state index in [0.717, 1.165) is 24.5 Å². The first-order chi connectivity index (χ1) is 12.9. The first-order valence-electron chi connectivity index (χ1n) is 8.90. The van der Waals surface area contributed by atoms with Crippen molar-refractivity contribution in [3.8, 4) is 11.5 Å². The van der Waals surface area contributed by atoms with Crippen molar-refractivity contribution >= 4 is 17.1 Å². The summed E-state index contributed by atoms with van der Waals surface area (Å²) in [7, 11) is 3.13. The number of hydrogen-bond acceptors (Lipinski definition) is 4. The van der Waals surface area contributed by atoms with Gasteiger partial charge in [0.2, 0.25) is 0 Å². The van der Waals surface area contributed by atoms with Gasteiger partial charge in [-0.15, -0.1) is 13.2 Å². The van der Waals surface area contributed by atoms with Gasteiger partial charge in [-0.2, -0.15) is 0 Å². The smallest absolute Gasteiger partial charge is 0.491 e. The molecule has 27 heavy (non-hydrogen) atoms. The molecular formula is C20H23F3N2O2. The fourth-order valence-corrected chi connectivity index (χ4v) is 3.37. The third-order valence-corrected chi connectivity index (χ3v) is 4.69. The Balaban J connectivity index is 1.91. The first kappa shape index (κ1) is 19.2. The van der Waals surface area contributed by atoms with Gasteiger partial charge < -0.3 is 19.3 Å². The second-order valence-electron chi connectivity index (χ2n) is 6.48. The van der Waals surface area contributed by atoms with E-state index < -0.39 is 6.36 Å². The lowest BCUT2D eigenvalue weighted by molar-refractivity contribution is -0.275. The minimum atomic E-state index is -4.78. The molecule has 2 aromatic carbocycles. The maximum absolute atomic E-state index is 12.7. The Hall–Kier alpha value is -2.57. The Kier molecular flexibility index (Phi) is 5.68. The molecule has 7 heteroatoms. The molecule has 0 spiro atoms. The highest BCUT2D eigenvalue weighted by Gasteiger charge is 2.33. The van der Waals surface area contributed by atoms with E-state index in [-0.39, 0.29) is 11.5 Å². The van der Waals surface area contributed by atoms with Gasteiger partial charge in [0.1, 0.15) is 0 Å². The normalized spacial score (nSPS) is 14.8. The maximum Gasteiger partial charge on any atom is 0.573 e. The van der Waals surface area contributed by atoms with Crippen LogP contribution in [0.15, 0.2) is 42.5 Å². The molecule has 1 aliphatic heterocycles. The zero-order valence-electron chi connectivity index (χ0n) is 15.4. The summed E-state index contributed by atoms with van der Waals surface area (Å²) >= 11 is 0. The molecule has 1 saturated heterocycles. The number of para-hydroxylation sites is 1. The molecule has 2 aromatic rings. The van der Waals surface area contributed by atoms with Crippen LogP contribution in [0, 0.1) is 0 Å². The first-order valence-corrected chi connectivity index (χ1v) is 8.90. The van der Waals surface area contributed by atoms with Gasteiger partial charge in [0.15, 0.2) is 11.5 Å². The molecule has 0 bridgehead atoms. The van der Waals surface area contributed by atoms with Gasteiger partial charge in [-0.1, -0.05) is 12.1 Å². The lowest BCUT2D eigenvalue weighted by Crippen LogP contribution is -2.29. The highest BCUT2D eigenvalue weighted by atomic mass is 19.4. The summed E-state index contributed by atoms with van der Waals surface area (Å²) in [6, 6.07) is 12.4. The summed E-state index contributed by atoms with van der Waals surface area (Å²) in [5, 5.41) is 0. The van der Waals surface area contributed by atoms with Gasteiger partial charge >= 0.3 is 6.36 Å². The van der Waals surface area contributed by atoms with Crippen LogP contribution in [-0.2, 0) is 0 Å². The molecule has 3 rings (SSSR count). The van der Waals surface area contributed by atoms with Crippen molar-refractivity contribution in [2.75, 3.05) is 37.0 Å². The topological polar surface area (TPSA) is 24.9 Å². The maximum atomic E-state index is 12.7. The highest BCUT2D eigenvalue weighted by Crippen LogP contribution is 2.42. The largest absolute Gasteiger partial charge is 0.573 e. The van der Waals surface area contributed by atoms with Crippen molar-refractivity contribution < 1.29 is 22.6 Å². The van der Waals surface area contributed by atoms with E-state index in [4.69, 9.17) is 4.74 Å². The monoisotopic (exact) mass is 380 g/mol. The van der Waals surface area contributed by atoms with Crippen LogP contribution in [0.2, 0.25) is 0 Å². The zero-order chi connectivity index (χ0) is 19.4. The summed E-state index contributed by atoms with van der Waals surface area (Å²) in [5.41, 5.74) is 2.47. The number of alkyl halides is 3. The number of piperidine rings is 1. The molecule has 0 N–H and O–H groups in total. The Bertz CT molecular complexity index is 774. The lowest BCUT2D eigenvalue weighted by atomic mass is 10.1. The van der Waals surface area contributed by atoms with Crippen LogP contribution < -0.4 is 19.3 Å². The number of hydrogen-bond donors (Lipinski definition) is 0. The average Bonchev–Trinajstić information content (AvgIpc) is 2.67. The van der Waals surface area contributed by atoms with Crippen LogP contribution in [0.3, 0.4) is 0 Å². The van der Waals surface area contributed by atoms with E-state index in [1.54, 1.807) is 18.0 Å². The van der Waals surface area contributed by atoms with Gasteiger partial charge in [-0.25, -0.2) is 0 Å². The predicted octanol–water partition coefficient (Wildman–Crippen LogP) is 5.35. The number of ether oxygens (including phenoxy) is 2. The van der Waals surface area contributed by atoms with E-state index in [9.17, 15) is 13.2 Å². The third-order valence-electron chi connectivity index (χ3n) is 4.69. The Morgan fingerprint density at radius 3 is 2.37 bits per heavy atom. The minimum Gasteiger partial charge on any atom is -0.491 e. The number of nitrogens with zero attached hydrogens (tertiary/aromatic N) is 2. The molecule has 0 saturated carbocycles. The predicted molar refractivity (Wildman–Crippen MR) is 100 cm³/mol. The zero-order valence-corrected chi connectivity index (χ0v) is 15.4. The summed E-state index contributed by atoms with van der Waals surface area (Å²) < 4.78 is 47.4. The minimum absolute atomic E-state index is 0.0423. The van der Waals surface area contributed by atoms with Gasteiger partial charge in [0.25, 0.3) is 0 Å². The lowest BCUT2D eigenvalue weighted by Gasteiger charge is -2.30. The molecule has 146 valence electrons. The summed E-state index contributed by atoms with van der Waals surface area (Å²) in [6.07, 6.45) is -1.19. The number of benzene rings is 2. The van der Waals surface area contributed by atoms with Crippen LogP contribution in [0.4, 0.5) is 30.2 Å². The average molecular weight is 380 g/mol. The highest BCUT2D eigenvalue weighted by molar-refractivity contribution is 5.74. The Morgan fingerprint density at radius 2 is 1.70 bits per heavy atom. The second kappa shape index (κ2) is 7.98. The fraction of sp³-hybridized carbons (Fsp3) is 0.400. The summed E-state index contributed by atoms with van der Waals surface area (Å²) in [4.78, 5) is 4.14. The number of halogens is 3. The van der Waals surface area contributed by atoms with Crippen LogP contribution in [0.25, 0.3) is 0 Å². The Morgan fingerprint density at radius 1 is 1.00 bits per heavy atom. The Labute approximate surface area is 157 Å². The van der Waals surface area contributed by atoms with E-state index in [2.05, 4.69) is 15.7 Å². The van der Waals surface area contributed by atoms with Crippen LogP contribution in [0.5, 0.6) is 11.5 Å². The van der Waals surface area contributed by atoms with E-state index in [1.165, 1.54) is 38.5 Å². The number of anilines is 3. The van der Waals surface area contributed by atoms with E-state index in [0.29, 0.717) is 5.69 Å². The van der Waals surface area contributed by atoms with Crippen LogP contribution in [0.1, 0.15) is 19.3 Å². The molecule has 0 atom stereocenters. The molecule has 4 nitrogen and oxygen atoms in total. The number of rotatable bonds is 5. The molecule has 1 fully saturated rings. The molecule has 0 amide bonds. The molecule has 0 aromatic heterocycles. The van der Waals surface area contributed by atoms with Crippen molar-refractivity contribution in [3.63, 3.8) is 0 Å². The molecular weight excluding hydrogens is 357 g/mol. The van der Waals surface area contributed by atoms with Gasteiger partial charge in [0, 0.05) is 31.5 Å². The third kappa shape index (κ3) is 4.59. The van der Waals surface area contributed by atoms with E-state index in [1.807, 2.05) is 18.2 Å². The van der Waals surface area contributed by atoms with Crippen molar-refractivity contribution in [3.05, 3.63) is 42.5 Å². The molecule has 1 aliphatic rings. The second-order valence-corrected chi connectivity index (χ2v) is 6.48. The molecule has 0 aliphatic carbocycles.